The van der Waals surface area contributed by atoms with E-state index >= 15 is 0 Å². The van der Waals surface area contributed by atoms with Crippen LogP contribution in [0.5, 0.6) is 5.75 Å². The number of piperidine rings is 1. The lowest BCUT2D eigenvalue weighted by Gasteiger charge is -2.31. The minimum atomic E-state index is -3.68. The lowest BCUT2D eigenvalue weighted by Crippen LogP contribution is -2.31. The van der Waals surface area contributed by atoms with Gasteiger partial charge in [0.1, 0.15) is 10.6 Å². The molecule has 146 valence electrons. The number of fused-ring (bicyclic) bond motifs is 1. The third-order valence-corrected chi connectivity index (χ3v) is 6.87. The number of nitrogens with zero attached hydrogens (tertiary/aromatic N) is 2. The van der Waals surface area contributed by atoms with Crippen LogP contribution in [0.4, 0.5) is 5.69 Å². The summed E-state index contributed by atoms with van der Waals surface area (Å²) in [5.41, 5.74) is 1.52. The number of rotatable bonds is 5. The average molecular weight is 397 g/mol. The van der Waals surface area contributed by atoms with E-state index in [2.05, 4.69) is 9.88 Å². The summed E-state index contributed by atoms with van der Waals surface area (Å²) in [5, 5.41) is 0.824. The number of pyridine rings is 1. The van der Waals surface area contributed by atoms with Gasteiger partial charge < -0.3 is 9.64 Å². The van der Waals surface area contributed by atoms with Crippen LogP contribution >= 0.6 is 0 Å². The van der Waals surface area contributed by atoms with Crippen LogP contribution in [0.25, 0.3) is 10.9 Å². The zero-order chi connectivity index (χ0) is 19.6. The molecule has 6 heteroatoms. The van der Waals surface area contributed by atoms with E-state index in [1.54, 1.807) is 24.3 Å². The minimum Gasteiger partial charge on any atom is -0.494 e. The molecule has 0 saturated carbocycles. The number of ether oxygens (including phenoxy) is 1. The van der Waals surface area contributed by atoms with Gasteiger partial charge in [-0.1, -0.05) is 18.2 Å². The zero-order valence-corrected chi connectivity index (χ0v) is 16.8. The van der Waals surface area contributed by atoms with Crippen LogP contribution in [0, 0.1) is 0 Å². The van der Waals surface area contributed by atoms with Crippen molar-refractivity contribution in [2.45, 2.75) is 36.0 Å². The highest BCUT2D eigenvalue weighted by Gasteiger charge is 2.27. The molecule has 0 spiro atoms. The van der Waals surface area contributed by atoms with Gasteiger partial charge in [-0.2, -0.15) is 0 Å². The van der Waals surface area contributed by atoms with Crippen LogP contribution in [0.2, 0.25) is 0 Å². The van der Waals surface area contributed by atoms with Gasteiger partial charge in [0.2, 0.25) is 9.84 Å². The van der Waals surface area contributed by atoms with E-state index in [0.29, 0.717) is 6.61 Å². The van der Waals surface area contributed by atoms with Gasteiger partial charge in [0.15, 0.2) is 0 Å². The minimum absolute atomic E-state index is 0.266. The maximum atomic E-state index is 13.5. The van der Waals surface area contributed by atoms with Crippen molar-refractivity contribution >= 4 is 26.4 Å². The summed E-state index contributed by atoms with van der Waals surface area (Å²) in [6, 6.07) is 14.3. The van der Waals surface area contributed by atoms with Gasteiger partial charge in [0.05, 0.1) is 22.7 Å². The largest absolute Gasteiger partial charge is 0.494 e. The van der Waals surface area contributed by atoms with Gasteiger partial charge in [0.25, 0.3) is 0 Å². The van der Waals surface area contributed by atoms with Crippen LogP contribution in [0.15, 0.2) is 64.5 Å². The maximum absolute atomic E-state index is 13.5. The third kappa shape index (κ3) is 3.44. The standard InChI is InChI=1S/C22H24N2O3S/c1-2-27-17-11-12-20-19(15-17)22(24-13-7-4-8-14-24)21(16-23-20)28(25,26)18-9-5-3-6-10-18/h3,5-6,9-12,15-16H,2,4,7-8,13-14H2,1H3. The number of benzene rings is 2. The normalized spacial score (nSPS) is 15.0. The Balaban J connectivity index is 1.97. The van der Waals surface area contributed by atoms with Crippen molar-refractivity contribution < 1.29 is 13.2 Å². The summed E-state index contributed by atoms with van der Waals surface area (Å²) in [7, 11) is -3.68. The van der Waals surface area contributed by atoms with Gasteiger partial charge in [-0.25, -0.2) is 8.42 Å². The molecule has 28 heavy (non-hydrogen) atoms. The summed E-state index contributed by atoms with van der Waals surface area (Å²) >= 11 is 0. The summed E-state index contributed by atoms with van der Waals surface area (Å²) in [6.07, 6.45) is 4.79. The average Bonchev–Trinajstić information content (AvgIpc) is 2.74. The Bertz CT molecular complexity index is 1080. The van der Waals surface area contributed by atoms with E-state index in [1.165, 1.54) is 12.6 Å². The summed E-state index contributed by atoms with van der Waals surface area (Å²) in [5.74, 6) is 0.726. The molecule has 1 fully saturated rings. The molecule has 0 N–H and O–H groups in total. The molecule has 0 radical (unpaired) electrons. The molecule has 0 unspecified atom stereocenters. The first kappa shape index (κ1) is 18.7. The fourth-order valence-corrected chi connectivity index (χ4v) is 5.22. The molecular formula is C22H24N2O3S. The van der Waals surface area contributed by atoms with Crippen molar-refractivity contribution in [3.05, 3.63) is 54.7 Å². The van der Waals surface area contributed by atoms with Crippen molar-refractivity contribution in [1.29, 1.82) is 0 Å². The number of anilines is 1. The fraction of sp³-hybridized carbons (Fsp3) is 0.318. The molecule has 2 heterocycles. The molecule has 3 aromatic rings. The van der Waals surface area contributed by atoms with E-state index < -0.39 is 9.84 Å². The molecule has 2 aromatic carbocycles. The number of hydrogen-bond acceptors (Lipinski definition) is 5. The highest BCUT2D eigenvalue weighted by Crippen LogP contribution is 2.38. The fourth-order valence-electron chi connectivity index (χ4n) is 3.76. The van der Waals surface area contributed by atoms with Crippen molar-refractivity contribution in [2.24, 2.45) is 0 Å². The van der Waals surface area contributed by atoms with Gasteiger partial charge in [-0.15, -0.1) is 0 Å². The molecule has 5 nitrogen and oxygen atoms in total. The van der Waals surface area contributed by atoms with Crippen molar-refractivity contribution in [3.63, 3.8) is 0 Å². The second-order valence-electron chi connectivity index (χ2n) is 6.95. The zero-order valence-electron chi connectivity index (χ0n) is 16.0. The molecule has 0 atom stereocenters. The monoisotopic (exact) mass is 396 g/mol. The first-order valence-corrected chi connectivity index (χ1v) is 11.2. The van der Waals surface area contributed by atoms with Gasteiger partial charge in [-0.3, -0.25) is 4.98 Å². The second-order valence-corrected chi connectivity index (χ2v) is 8.87. The Kier molecular flexibility index (Phi) is 5.22. The van der Waals surface area contributed by atoms with Crippen LogP contribution < -0.4 is 9.64 Å². The van der Waals surface area contributed by atoms with Gasteiger partial charge >= 0.3 is 0 Å². The number of aromatic nitrogens is 1. The molecule has 1 saturated heterocycles. The summed E-state index contributed by atoms with van der Waals surface area (Å²) < 4.78 is 32.6. The lowest BCUT2D eigenvalue weighted by molar-refractivity contribution is 0.340. The van der Waals surface area contributed by atoms with Gasteiger partial charge in [-0.05, 0) is 56.5 Å². The number of sulfone groups is 1. The van der Waals surface area contributed by atoms with Gasteiger partial charge in [0, 0.05) is 24.7 Å². The predicted molar refractivity (Wildman–Crippen MR) is 111 cm³/mol. The smallest absolute Gasteiger partial charge is 0.210 e. The van der Waals surface area contributed by atoms with Crippen LogP contribution in [-0.4, -0.2) is 33.1 Å². The van der Waals surface area contributed by atoms with E-state index in [9.17, 15) is 8.42 Å². The molecule has 0 amide bonds. The van der Waals surface area contributed by atoms with E-state index in [1.807, 2.05) is 31.2 Å². The molecule has 0 bridgehead atoms. The molecule has 1 aliphatic rings. The van der Waals surface area contributed by atoms with Crippen LogP contribution in [0.1, 0.15) is 26.2 Å². The lowest BCUT2D eigenvalue weighted by atomic mass is 10.1. The van der Waals surface area contributed by atoms with Crippen LogP contribution in [-0.2, 0) is 9.84 Å². The molecule has 1 aliphatic heterocycles. The van der Waals surface area contributed by atoms with Crippen molar-refractivity contribution in [2.75, 3.05) is 24.6 Å². The Morgan fingerprint density at radius 3 is 2.50 bits per heavy atom. The highest BCUT2D eigenvalue weighted by molar-refractivity contribution is 7.91. The Hall–Kier alpha value is -2.60. The summed E-state index contributed by atoms with van der Waals surface area (Å²) in [6.45, 7) is 4.18. The van der Waals surface area contributed by atoms with Crippen molar-refractivity contribution in [1.82, 2.24) is 4.98 Å². The first-order chi connectivity index (χ1) is 13.6. The highest BCUT2D eigenvalue weighted by atomic mass is 32.2. The molecular weight excluding hydrogens is 372 g/mol. The Morgan fingerprint density at radius 2 is 1.79 bits per heavy atom. The maximum Gasteiger partial charge on any atom is 0.210 e. The predicted octanol–water partition coefficient (Wildman–Crippen LogP) is 4.46. The quantitative estimate of drug-likeness (QED) is 0.637. The van der Waals surface area contributed by atoms with Crippen molar-refractivity contribution in [3.8, 4) is 5.75 Å². The molecule has 4 rings (SSSR count). The topological polar surface area (TPSA) is 59.5 Å². The van der Waals surface area contributed by atoms with E-state index in [4.69, 9.17) is 4.74 Å². The SMILES string of the molecule is CCOc1ccc2ncc(S(=O)(=O)c3ccccc3)c(N3CCCCC3)c2c1. The van der Waals surface area contributed by atoms with Crippen LogP contribution in [0.3, 0.4) is 0 Å². The Morgan fingerprint density at radius 1 is 1.04 bits per heavy atom. The first-order valence-electron chi connectivity index (χ1n) is 9.72. The number of hydrogen-bond donors (Lipinski definition) is 0. The van der Waals surface area contributed by atoms with E-state index in [-0.39, 0.29) is 9.79 Å². The second kappa shape index (κ2) is 7.80. The summed E-state index contributed by atoms with van der Waals surface area (Å²) in [4.78, 5) is 7.21. The van der Waals surface area contributed by atoms with E-state index in [0.717, 1.165) is 48.3 Å². The molecule has 0 aliphatic carbocycles. The Labute approximate surface area is 165 Å². The third-order valence-electron chi connectivity index (χ3n) is 5.10. The molecule has 1 aromatic heterocycles.